The molecule has 0 unspecified atom stereocenters. The van der Waals surface area contributed by atoms with E-state index in [1.165, 1.54) is 22.5 Å². The van der Waals surface area contributed by atoms with E-state index in [2.05, 4.69) is 15.1 Å². The number of carboxylic acids is 1. The fourth-order valence-corrected chi connectivity index (χ4v) is 3.07. The van der Waals surface area contributed by atoms with E-state index in [0.717, 1.165) is 25.3 Å². The molecule has 0 radical (unpaired) electrons. The van der Waals surface area contributed by atoms with Crippen molar-refractivity contribution in [3.05, 3.63) is 35.4 Å². The number of aromatic nitrogens is 4. The predicted molar refractivity (Wildman–Crippen MR) is 89.0 cm³/mol. The second kappa shape index (κ2) is 7.06. The summed E-state index contributed by atoms with van der Waals surface area (Å²) in [6, 6.07) is 1.39. The first-order valence-electron chi connectivity index (χ1n) is 8.18. The number of nitrogens with zero attached hydrogens (tertiary/aromatic N) is 6. The maximum atomic E-state index is 12.4. The number of hydrogen-bond acceptors (Lipinski definition) is 5. The molecule has 1 aliphatic rings. The van der Waals surface area contributed by atoms with E-state index in [1.54, 1.807) is 4.90 Å². The minimum atomic E-state index is -1.08. The maximum absolute atomic E-state index is 12.4. The van der Waals surface area contributed by atoms with E-state index >= 15 is 0 Å². The molecular weight excluding hydrogens is 324 g/mol. The third-order valence-corrected chi connectivity index (χ3v) is 4.45. The summed E-state index contributed by atoms with van der Waals surface area (Å²) in [7, 11) is 1.91. The molecule has 2 aromatic rings. The lowest BCUT2D eigenvalue weighted by molar-refractivity contribution is -0.133. The zero-order valence-corrected chi connectivity index (χ0v) is 14.4. The molecule has 1 amide bonds. The molecule has 1 aliphatic heterocycles. The van der Waals surface area contributed by atoms with Gasteiger partial charge in [0.2, 0.25) is 5.91 Å². The Bertz CT molecular complexity index is 773. The van der Waals surface area contributed by atoms with Gasteiger partial charge in [-0.15, -0.1) is 0 Å². The molecule has 9 nitrogen and oxygen atoms in total. The van der Waals surface area contributed by atoms with Crippen LogP contribution in [-0.2, 0) is 24.9 Å². The van der Waals surface area contributed by atoms with Crippen LogP contribution in [0.2, 0.25) is 0 Å². The van der Waals surface area contributed by atoms with Gasteiger partial charge in [0.1, 0.15) is 12.2 Å². The Kier molecular flexibility index (Phi) is 4.84. The van der Waals surface area contributed by atoms with E-state index < -0.39 is 5.97 Å². The topological polar surface area (TPSA) is 96.5 Å². The Labute approximate surface area is 145 Å². The molecule has 0 aliphatic carbocycles. The van der Waals surface area contributed by atoms with Crippen molar-refractivity contribution < 1.29 is 14.7 Å². The lowest BCUT2D eigenvalue weighted by Crippen LogP contribution is -2.49. The predicted octanol–water partition coefficient (Wildman–Crippen LogP) is -0.0324. The molecule has 1 saturated heterocycles. The van der Waals surface area contributed by atoms with E-state index in [1.807, 2.05) is 24.9 Å². The van der Waals surface area contributed by atoms with Gasteiger partial charge in [-0.25, -0.2) is 9.48 Å². The highest BCUT2D eigenvalue weighted by atomic mass is 16.4. The molecule has 3 heterocycles. The van der Waals surface area contributed by atoms with Crippen LogP contribution in [0.4, 0.5) is 0 Å². The summed E-state index contributed by atoms with van der Waals surface area (Å²) in [6.45, 7) is 5.60. The van der Waals surface area contributed by atoms with Crippen molar-refractivity contribution in [1.82, 2.24) is 29.4 Å². The lowest BCUT2D eigenvalue weighted by atomic mass is 10.2. The Balaban J connectivity index is 1.53. The molecule has 0 spiro atoms. The van der Waals surface area contributed by atoms with Gasteiger partial charge >= 0.3 is 5.97 Å². The quantitative estimate of drug-likeness (QED) is 0.817. The summed E-state index contributed by atoms with van der Waals surface area (Å²) in [4.78, 5) is 27.6. The van der Waals surface area contributed by atoms with Crippen molar-refractivity contribution in [2.24, 2.45) is 7.05 Å². The molecule has 1 N–H and O–H groups in total. The molecule has 0 bridgehead atoms. The number of piperazine rings is 1. The first-order valence-corrected chi connectivity index (χ1v) is 8.18. The fourth-order valence-electron chi connectivity index (χ4n) is 3.07. The molecule has 134 valence electrons. The molecule has 0 atom stereocenters. The van der Waals surface area contributed by atoms with Gasteiger partial charge in [-0.2, -0.15) is 10.2 Å². The van der Waals surface area contributed by atoms with E-state index in [9.17, 15) is 9.59 Å². The van der Waals surface area contributed by atoms with Gasteiger partial charge in [-0.3, -0.25) is 14.4 Å². The average molecular weight is 346 g/mol. The monoisotopic (exact) mass is 346 g/mol. The molecule has 2 aromatic heterocycles. The third kappa shape index (κ3) is 3.87. The number of aromatic carboxylic acids is 1. The third-order valence-electron chi connectivity index (χ3n) is 4.45. The van der Waals surface area contributed by atoms with Crippen molar-refractivity contribution in [2.75, 3.05) is 26.2 Å². The first-order chi connectivity index (χ1) is 11.9. The molecule has 0 aromatic carbocycles. The number of aryl methyl sites for hydroxylation is 2. The number of carbonyl (C=O) groups excluding carboxylic acids is 1. The molecule has 25 heavy (non-hydrogen) atoms. The number of rotatable bonds is 5. The zero-order chi connectivity index (χ0) is 18.0. The van der Waals surface area contributed by atoms with Gasteiger partial charge in [0, 0.05) is 57.7 Å². The highest BCUT2D eigenvalue weighted by molar-refractivity contribution is 5.86. The second-order valence-electron chi connectivity index (χ2n) is 6.25. The summed E-state index contributed by atoms with van der Waals surface area (Å²) >= 11 is 0. The van der Waals surface area contributed by atoms with E-state index in [-0.39, 0.29) is 18.1 Å². The van der Waals surface area contributed by atoms with Crippen LogP contribution in [0.15, 0.2) is 18.5 Å². The van der Waals surface area contributed by atoms with Crippen LogP contribution in [0.3, 0.4) is 0 Å². The van der Waals surface area contributed by atoms with Gasteiger partial charge in [-0.05, 0) is 13.0 Å². The SMILES string of the molecule is Cc1nn(C)cc1CN1CCN(C(=O)Cn2nccc2C(=O)O)CC1. The smallest absolute Gasteiger partial charge is 0.354 e. The van der Waals surface area contributed by atoms with Crippen LogP contribution in [0.25, 0.3) is 0 Å². The molecule has 3 rings (SSSR count). The normalized spacial score (nSPS) is 15.5. The summed E-state index contributed by atoms with van der Waals surface area (Å²) in [5.41, 5.74) is 2.25. The Morgan fingerprint density at radius 1 is 1.24 bits per heavy atom. The summed E-state index contributed by atoms with van der Waals surface area (Å²) in [5, 5.41) is 17.4. The van der Waals surface area contributed by atoms with Gasteiger partial charge in [0.15, 0.2) is 0 Å². The van der Waals surface area contributed by atoms with Crippen LogP contribution in [0, 0.1) is 6.92 Å². The highest BCUT2D eigenvalue weighted by Gasteiger charge is 2.23. The van der Waals surface area contributed by atoms with Gasteiger partial charge in [0.25, 0.3) is 0 Å². The van der Waals surface area contributed by atoms with Crippen molar-refractivity contribution in [2.45, 2.75) is 20.0 Å². The summed E-state index contributed by atoms with van der Waals surface area (Å²) < 4.78 is 3.05. The summed E-state index contributed by atoms with van der Waals surface area (Å²) in [6.07, 6.45) is 3.42. The molecule has 0 saturated carbocycles. The van der Waals surface area contributed by atoms with Crippen molar-refractivity contribution >= 4 is 11.9 Å². The first kappa shape index (κ1) is 17.2. The number of hydrogen-bond donors (Lipinski definition) is 1. The summed E-state index contributed by atoms with van der Waals surface area (Å²) in [5.74, 6) is -1.19. The minimum Gasteiger partial charge on any atom is -0.477 e. The zero-order valence-electron chi connectivity index (χ0n) is 14.4. The second-order valence-corrected chi connectivity index (χ2v) is 6.25. The van der Waals surface area contributed by atoms with Crippen LogP contribution < -0.4 is 0 Å². The lowest BCUT2D eigenvalue weighted by Gasteiger charge is -2.34. The van der Waals surface area contributed by atoms with Gasteiger partial charge < -0.3 is 10.0 Å². The Hall–Kier alpha value is -2.68. The number of carboxylic acid groups (broad SMARTS) is 1. The largest absolute Gasteiger partial charge is 0.477 e. The number of amides is 1. The minimum absolute atomic E-state index is 0.0269. The Morgan fingerprint density at radius 3 is 2.56 bits per heavy atom. The molecule has 9 heteroatoms. The standard InChI is InChI=1S/C16H22N6O3/c1-12-13(9-19(2)18-12)10-20-5-7-21(8-6-20)15(23)11-22-14(16(24)25)3-4-17-22/h3-4,9H,5-8,10-11H2,1-2H3,(H,24,25). The van der Waals surface area contributed by atoms with E-state index in [4.69, 9.17) is 5.11 Å². The molecular formula is C16H22N6O3. The number of carbonyl (C=O) groups is 2. The van der Waals surface area contributed by atoms with Crippen molar-refractivity contribution in [3.8, 4) is 0 Å². The Morgan fingerprint density at radius 2 is 1.96 bits per heavy atom. The molecule has 1 fully saturated rings. The fraction of sp³-hybridized carbons (Fsp3) is 0.500. The van der Waals surface area contributed by atoms with Crippen LogP contribution in [0.5, 0.6) is 0 Å². The highest BCUT2D eigenvalue weighted by Crippen LogP contribution is 2.12. The van der Waals surface area contributed by atoms with Crippen molar-refractivity contribution in [1.29, 1.82) is 0 Å². The van der Waals surface area contributed by atoms with Crippen molar-refractivity contribution in [3.63, 3.8) is 0 Å². The van der Waals surface area contributed by atoms with Gasteiger partial charge in [0.05, 0.1) is 5.69 Å². The van der Waals surface area contributed by atoms with Crippen LogP contribution >= 0.6 is 0 Å². The van der Waals surface area contributed by atoms with Crippen LogP contribution in [-0.4, -0.2) is 72.5 Å². The van der Waals surface area contributed by atoms with Gasteiger partial charge in [-0.1, -0.05) is 0 Å². The maximum Gasteiger partial charge on any atom is 0.354 e. The van der Waals surface area contributed by atoms with E-state index in [0.29, 0.717) is 13.1 Å². The average Bonchev–Trinajstić information content (AvgIpc) is 3.14. The van der Waals surface area contributed by atoms with Crippen LogP contribution in [0.1, 0.15) is 21.7 Å².